The van der Waals surface area contributed by atoms with Gasteiger partial charge in [0.2, 0.25) is 0 Å². The molecule has 3 rings (SSSR count). The Morgan fingerprint density at radius 3 is 2.28 bits per heavy atom. The van der Waals surface area contributed by atoms with Crippen LogP contribution in [-0.4, -0.2) is 18.1 Å². The average Bonchev–Trinajstić information content (AvgIpc) is 2.88. The summed E-state index contributed by atoms with van der Waals surface area (Å²) in [6.07, 6.45) is 0.434. The van der Waals surface area contributed by atoms with Gasteiger partial charge in [0.05, 0.1) is 5.56 Å². The van der Waals surface area contributed by atoms with Crippen LogP contribution in [0.3, 0.4) is 0 Å². The van der Waals surface area contributed by atoms with Gasteiger partial charge in [-0.25, -0.2) is 4.98 Å². The van der Waals surface area contributed by atoms with Crippen molar-refractivity contribution in [2.45, 2.75) is 25.4 Å². The lowest BCUT2D eigenvalue weighted by Gasteiger charge is -2.18. The van der Waals surface area contributed by atoms with Gasteiger partial charge in [0, 0.05) is 19.3 Å². The van der Waals surface area contributed by atoms with Crippen LogP contribution in [0.25, 0.3) is 0 Å². The van der Waals surface area contributed by atoms with E-state index in [4.69, 9.17) is 0 Å². The van der Waals surface area contributed by atoms with E-state index in [0.717, 1.165) is 25.4 Å². The van der Waals surface area contributed by atoms with Crippen molar-refractivity contribution in [1.29, 1.82) is 0 Å². The smallest absolute Gasteiger partial charge is 0.356 e. The predicted octanol–water partition coefficient (Wildman–Crippen LogP) is 3.34. The average molecular weight is 256 g/mol. The third-order valence-electron chi connectivity index (χ3n) is 4.13. The quantitative estimate of drug-likeness (QED) is 0.766. The lowest BCUT2D eigenvalue weighted by atomic mass is 10.0. The molecule has 0 spiro atoms. The molecule has 18 heavy (non-hydrogen) atoms. The molecule has 0 N–H and O–H groups in total. The number of alkyl halides is 3. The van der Waals surface area contributed by atoms with Gasteiger partial charge in [-0.2, -0.15) is 13.2 Å². The summed E-state index contributed by atoms with van der Waals surface area (Å²) < 4.78 is 37.3. The van der Waals surface area contributed by atoms with E-state index in [-0.39, 0.29) is 0 Å². The van der Waals surface area contributed by atoms with E-state index in [2.05, 4.69) is 9.88 Å². The lowest BCUT2D eigenvalue weighted by Crippen LogP contribution is -2.22. The van der Waals surface area contributed by atoms with Gasteiger partial charge in [-0.3, -0.25) is 0 Å². The normalized spacial score (nSPS) is 27.6. The van der Waals surface area contributed by atoms with E-state index in [9.17, 15) is 13.2 Å². The Morgan fingerprint density at radius 1 is 1.11 bits per heavy atom. The molecule has 0 bridgehead atoms. The Balaban J connectivity index is 1.74. The molecule has 2 nitrogen and oxygen atoms in total. The molecular weight excluding hydrogens is 241 g/mol. The summed E-state index contributed by atoms with van der Waals surface area (Å²) in [5.41, 5.74) is -0.675. The van der Waals surface area contributed by atoms with Crippen molar-refractivity contribution >= 4 is 5.82 Å². The Bertz CT molecular complexity index is 415. The molecule has 98 valence electrons. The van der Waals surface area contributed by atoms with Crippen LogP contribution in [0.4, 0.5) is 19.0 Å². The molecule has 2 aliphatic rings. The molecule has 2 atom stereocenters. The second-order valence-corrected chi connectivity index (χ2v) is 5.26. The Labute approximate surface area is 104 Å². The number of pyridine rings is 1. The van der Waals surface area contributed by atoms with Crippen LogP contribution in [0.15, 0.2) is 18.3 Å². The SMILES string of the molecule is FC(F)(F)c1ccc(N2CC3CCCC3C2)nc1. The molecule has 1 aromatic rings. The highest BCUT2D eigenvalue weighted by Crippen LogP contribution is 2.39. The van der Waals surface area contributed by atoms with Gasteiger partial charge in [0.25, 0.3) is 0 Å². The zero-order valence-corrected chi connectivity index (χ0v) is 9.95. The number of fused-ring (bicyclic) bond motifs is 1. The zero-order valence-electron chi connectivity index (χ0n) is 9.95. The molecule has 2 heterocycles. The summed E-state index contributed by atoms with van der Waals surface area (Å²) in [5.74, 6) is 2.11. The summed E-state index contributed by atoms with van der Waals surface area (Å²) >= 11 is 0. The van der Waals surface area contributed by atoms with Gasteiger partial charge in [0.15, 0.2) is 0 Å². The zero-order chi connectivity index (χ0) is 12.8. The monoisotopic (exact) mass is 256 g/mol. The van der Waals surface area contributed by atoms with Crippen molar-refractivity contribution in [1.82, 2.24) is 4.98 Å². The molecular formula is C13H15F3N2. The third-order valence-corrected chi connectivity index (χ3v) is 4.13. The molecule has 0 amide bonds. The van der Waals surface area contributed by atoms with Crippen LogP contribution in [0.5, 0.6) is 0 Å². The molecule has 1 aromatic heterocycles. The maximum absolute atomic E-state index is 12.4. The largest absolute Gasteiger partial charge is 0.417 e. The van der Waals surface area contributed by atoms with Crippen LogP contribution >= 0.6 is 0 Å². The minimum absolute atomic E-state index is 0.675. The Morgan fingerprint density at radius 2 is 1.78 bits per heavy atom. The molecule has 1 aliphatic heterocycles. The molecule has 5 heteroatoms. The highest BCUT2D eigenvalue weighted by Gasteiger charge is 2.37. The third kappa shape index (κ3) is 2.06. The summed E-state index contributed by atoms with van der Waals surface area (Å²) in [7, 11) is 0. The highest BCUT2D eigenvalue weighted by atomic mass is 19.4. The van der Waals surface area contributed by atoms with Crippen molar-refractivity contribution < 1.29 is 13.2 Å². The van der Waals surface area contributed by atoms with E-state index in [1.807, 2.05) is 0 Å². The Hall–Kier alpha value is -1.26. The minimum atomic E-state index is -4.30. The van der Waals surface area contributed by atoms with Crippen LogP contribution in [0.1, 0.15) is 24.8 Å². The minimum Gasteiger partial charge on any atom is -0.356 e. The van der Waals surface area contributed by atoms with Gasteiger partial charge >= 0.3 is 6.18 Å². The fourth-order valence-corrected chi connectivity index (χ4v) is 3.16. The second-order valence-electron chi connectivity index (χ2n) is 5.26. The number of halogens is 3. The highest BCUT2D eigenvalue weighted by molar-refractivity contribution is 5.41. The van der Waals surface area contributed by atoms with Gasteiger partial charge < -0.3 is 4.90 Å². The van der Waals surface area contributed by atoms with Gasteiger partial charge in [-0.1, -0.05) is 6.42 Å². The first-order valence-electron chi connectivity index (χ1n) is 6.32. The van der Waals surface area contributed by atoms with E-state index in [1.54, 1.807) is 0 Å². The topological polar surface area (TPSA) is 16.1 Å². The first-order valence-corrected chi connectivity index (χ1v) is 6.32. The summed E-state index contributed by atoms with van der Waals surface area (Å²) in [4.78, 5) is 6.08. The van der Waals surface area contributed by atoms with Crippen LogP contribution in [0.2, 0.25) is 0 Å². The number of hydrogen-bond donors (Lipinski definition) is 0. The maximum Gasteiger partial charge on any atom is 0.417 e. The first-order chi connectivity index (χ1) is 8.54. The molecule has 1 aliphatic carbocycles. The van der Waals surface area contributed by atoms with Crippen molar-refractivity contribution in [3.8, 4) is 0 Å². The van der Waals surface area contributed by atoms with E-state index in [1.165, 1.54) is 25.3 Å². The van der Waals surface area contributed by atoms with Crippen LogP contribution in [-0.2, 0) is 6.18 Å². The predicted molar refractivity (Wildman–Crippen MR) is 62.3 cm³/mol. The van der Waals surface area contributed by atoms with E-state index < -0.39 is 11.7 Å². The van der Waals surface area contributed by atoms with E-state index >= 15 is 0 Å². The summed E-state index contributed by atoms with van der Waals surface area (Å²) in [6, 6.07) is 2.61. The van der Waals surface area contributed by atoms with Gasteiger partial charge in [-0.15, -0.1) is 0 Å². The number of hydrogen-bond acceptors (Lipinski definition) is 2. The molecule has 0 radical (unpaired) electrons. The molecule has 0 aromatic carbocycles. The number of aromatic nitrogens is 1. The van der Waals surface area contributed by atoms with Crippen molar-refractivity contribution in [2.24, 2.45) is 11.8 Å². The molecule has 2 unspecified atom stereocenters. The van der Waals surface area contributed by atoms with Crippen molar-refractivity contribution in [3.63, 3.8) is 0 Å². The van der Waals surface area contributed by atoms with Crippen LogP contribution in [0, 0.1) is 11.8 Å². The number of nitrogens with zero attached hydrogens (tertiary/aromatic N) is 2. The fraction of sp³-hybridized carbons (Fsp3) is 0.615. The van der Waals surface area contributed by atoms with E-state index in [0.29, 0.717) is 17.7 Å². The van der Waals surface area contributed by atoms with Crippen molar-refractivity contribution in [3.05, 3.63) is 23.9 Å². The maximum atomic E-state index is 12.4. The van der Waals surface area contributed by atoms with Crippen molar-refractivity contribution in [2.75, 3.05) is 18.0 Å². The van der Waals surface area contributed by atoms with Gasteiger partial charge in [-0.05, 0) is 36.8 Å². The lowest BCUT2D eigenvalue weighted by molar-refractivity contribution is -0.137. The number of anilines is 1. The standard InChI is InChI=1S/C13H15F3N2/c14-13(15,16)11-4-5-12(17-6-11)18-7-9-2-1-3-10(9)8-18/h4-6,9-10H,1-3,7-8H2. The van der Waals surface area contributed by atoms with Gasteiger partial charge in [0.1, 0.15) is 5.82 Å². The Kier molecular flexibility index (Phi) is 2.72. The molecule has 2 fully saturated rings. The fourth-order valence-electron chi connectivity index (χ4n) is 3.16. The summed E-state index contributed by atoms with van der Waals surface area (Å²) in [5, 5.41) is 0. The molecule has 1 saturated carbocycles. The second kappa shape index (κ2) is 4.14. The van der Waals surface area contributed by atoms with Crippen LogP contribution < -0.4 is 4.90 Å². The number of rotatable bonds is 1. The first kappa shape index (κ1) is 11.8. The molecule has 1 saturated heterocycles. The summed E-state index contributed by atoms with van der Waals surface area (Å²) in [6.45, 7) is 1.89.